The average Bonchev–Trinajstić information content (AvgIpc) is 2.59. The van der Waals surface area contributed by atoms with Crippen LogP contribution in [-0.2, 0) is 14.3 Å². The van der Waals surface area contributed by atoms with Gasteiger partial charge in [-0.1, -0.05) is 6.07 Å². The molecule has 138 valence electrons. The summed E-state index contributed by atoms with van der Waals surface area (Å²) >= 11 is 0. The lowest BCUT2D eigenvalue weighted by Gasteiger charge is -2.15. The van der Waals surface area contributed by atoms with Crippen LogP contribution in [0, 0.1) is 12.3 Å². The van der Waals surface area contributed by atoms with Crippen LogP contribution in [-0.4, -0.2) is 43.0 Å². The molecule has 9 heteroatoms. The number of primary amides is 1. The number of amides is 4. The molecule has 0 fully saturated rings. The lowest BCUT2D eigenvalue weighted by atomic mass is 10.2. The number of ether oxygens (including phenoxy) is 1. The van der Waals surface area contributed by atoms with E-state index in [9.17, 15) is 19.2 Å². The summed E-state index contributed by atoms with van der Waals surface area (Å²) in [4.78, 5) is 46.5. The minimum Gasteiger partial charge on any atom is -0.464 e. The summed E-state index contributed by atoms with van der Waals surface area (Å²) in [6, 6.07) is 4.26. The fourth-order valence-corrected chi connectivity index (χ4v) is 1.94. The second-order valence-electron chi connectivity index (χ2n) is 5.03. The quantitative estimate of drug-likeness (QED) is 0.381. The van der Waals surface area contributed by atoms with Crippen LogP contribution < -0.4 is 21.7 Å². The van der Waals surface area contributed by atoms with Crippen molar-refractivity contribution in [1.82, 2.24) is 10.6 Å². The monoisotopic (exact) mass is 360 g/mol. The lowest BCUT2D eigenvalue weighted by molar-refractivity contribution is -0.147. The van der Waals surface area contributed by atoms with Crippen molar-refractivity contribution in [2.45, 2.75) is 19.4 Å². The van der Waals surface area contributed by atoms with E-state index in [0.29, 0.717) is 5.69 Å². The first-order chi connectivity index (χ1) is 12.4. The van der Waals surface area contributed by atoms with Gasteiger partial charge in [-0.2, -0.15) is 0 Å². The van der Waals surface area contributed by atoms with E-state index in [1.807, 2.05) is 0 Å². The van der Waals surface area contributed by atoms with Crippen LogP contribution in [0.2, 0.25) is 0 Å². The van der Waals surface area contributed by atoms with Crippen molar-refractivity contribution in [3.63, 3.8) is 0 Å². The molecule has 0 heterocycles. The van der Waals surface area contributed by atoms with Gasteiger partial charge in [-0.15, -0.1) is 12.3 Å². The zero-order valence-corrected chi connectivity index (χ0v) is 14.2. The Morgan fingerprint density at radius 2 is 2.04 bits per heavy atom. The number of hydrogen-bond donors (Lipinski definition) is 4. The summed E-state index contributed by atoms with van der Waals surface area (Å²) in [5.74, 6) is 0.492. The second kappa shape index (κ2) is 10.4. The van der Waals surface area contributed by atoms with E-state index in [1.54, 1.807) is 19.1 Å². The Hall–Kier alpha value is -3.54. The highest BCUT2D eigenvalue weighted by Gasteiger charge is 2.21. The van der Waals surface area contributed by atoms with Gasteiger partial charge >= 0.3 is 12.0 Å². The first-order valence-corrected chi connectivity index (χ1v) is 7.71. The summed E-state index contributed by atoms with van der Waals surface area (Å²) < 4.78 is 4.82. The van der Waals surface area contributed by atoms with Crippen LogP contribution in [0.3, 0.4) is 0 Å². The smallest absolute Gasteiger partial charge is 0.329 e. The number of nitrogens with two attached hydrogens (primary N) is 1. The molecule has 1 aromatic rings. The van der Waals surface area contributed by atoms with Gasteiger partial charge in [-0.25, -0.2) is 9.59 Å². The molecule has 1 aromatic carbocycles. The van der Waals surface area contributed by atoms with Crippen molar-refractivity contribution in [1.29, 1.82) is 0 Å². The highest BCUT2D eigenvalue weighted by atomic mass is 16.5. The molecule has 0 saturated heterocycles. The number of rotatable bonds is 8. The van der Waals surface area contributed by atoms with Crippen molar-refractivity contribution in [2.24, 2.45) is 5.73 Å². The van der Waals surface area contributed by atoms with E-state index in [4.69, 9.17) is 16.9 Å². The van der Waals surface area contributed by atoms with E-state index in [1.165, 1.54) is 12.1 Å². The van der Waals surface area contributed by atoms with Crippen LogP contribution in [0.15, 0.2) is 24.3 Å². The van der Waals surface area contributed by atoms with Gasteiger partial charge in [0.2, 0.25) is 5.91 Å². The topological polar surface area (TPSA) is 140 Å². The Morgan fingerprint density at radius 1 is 1.31 bits per heavy atom. The van der Waals surface area contributed by atoms with Crippen LogP contribution in [0.25, 0.3) is 0 Å². The lowest BCUT2D eigenvalue weighted by Crippen LogP contribution is -2.46. The number of nitrogens with one attached hydrogen (secondary N) is 3. The molecular weight excluding hydrogens is 340 g/mol. The number of anilines is 1. The van der Waals surface area contributed by atoms with Gasteiger partial charge in [-0.05, 0) is 25.1 Å². The molecule has 0 bridgehead atoms. The Morgan fingerprint density at radius 3 is 2.65 bits per heavy atom. The molecule has 0 aliphatic rings. The summed E-state index contributed by atoms with van der Waals surface area (Å²) in [5.41, 5.74) is 5.57. The fraction of sp³-hybridized carbons (Fsp3) is 0.294. The predicted molar refractivity (Wildman–Crippen MR) is 94.0 cm³/mol. The molecule has 9 nitrogen and oxygen atoms in total. The zero-order chi connectivity index (χ0) is 19.5. The molecule has 1 atom stereocenters. The second-order valence-corrected chi connectivity index (χ2v) is 5.03. The van der Waals surface area contributed by atoms with Crippen LogP contribution in [0.5, 0.6) is 0 Å². The molecule has 0 spiro atoms. The third kappa shape index (κ3) is 6.92. The van der Waals surface area contributed by atoms with Gasteiger partial charge < -0.3 is 26.4 Å². The number of carbonyl (C=O) groups excluding carboxylic acids is 4. The average molecular weight is 360 g/mol. The standard InChI is InChI=1S/C17H20N4O5/c1-3-6-13(16(24)26-4-2)21-14(22)10-19-15(23)11-7-5-8-12(9-11)20-17(18)25/h1,5,7-9,13H,4,6,10H2,2H3,(H,19,23)(H,21,22)(H3,18,20,25). The van der Waals surface area contributed by atoms with Gasteiger partial charge in [0.25, 0.3) is 5.91 Å². The fourth-order valence-electron chi connectivity index (χ4n) is 1.94. The Bertz CT molecular complexity index is 726. The predicted octanol–water partition coefficient (Wildman–Crippen LogP) is -0.0218. The van der Waals surface area contributed by atoms with Gasteiger partial charge in [0.15, 0.2) is 0 Å². The maximum Gasteiger partial charge on any atom is 0.329 e. The first-order valence-electron chi connectivity index (χ1n) is 7.71. The van der Waals surface area contributed by atoms with Crippen molar-refractivity contribution >= 4 is 29.5 Å². The molecule has 1 unspecified atom stereocenters. The number of urea groups is 1. The molecule has 5 N–H and O–H groups in total. The SMILES string of the molecule is C#CCC(NC(=O)CNC(=O)c1cccc(NC(N)=O)c1)C(=O)OCC. The number of hydrogen-bond acceptors (Lipinski definition) is 5. The van der Waals surface area contributed by atoms with Gasteiger partial charge in [0.05, 0.1) is 13.2 Å². The number of terminal acetylenes is 1. The summed E-state index contributed by atoms with van der Waals surface area (Å²) in [6.07, 6.45) is 5.14. The first kappa shape index (κ1) is 20.5. The summed E-state index contributed by atoms with van der Waals surface area (Å²) in [6.45, 7) is 1.42. The van der Waals surface area contributed by atoms with E-state index in [2.05, 4.69) is 21.9 Å². The summed E-state index contributed by atoms with van der Waals surface area (Å²) in [5, 5.41) is 7.14. The van der Waals surface area contributed by atoms with Crippen LogP contribution in [0.1, 0.15) is 23.7 Å². The minimum absolute atomic E-state index is 0.0284. The van der Waals surface area contributed by atoms with E-state index in [0.717, 1.165) is 0 Å². The molecule has 0 radical (unpaired) electrons. The molecule has 0 aliphatic heterocycles. The van der Waals surface area contributed by atoms with Crippen molar-refractivity contribution < 1.29 is 23.9 Å². The third-order valence-corrected chi connectivity index (χ3v) is 3.03. The van der Waals surface area contributed by atoms with E-state index >= 15 is 0 Å². The molecular formula is C17H20N4O5. The van der Waals surface area contributed by atoms with Crippen LogP contribution >= 0.6 is 0 Å². The van der Waals surface area contributed by atoms with E-state index in [-0.39, 0.29) is 25.1 Å². The molecule has 0 saturated carbocycles. The zero-order valence-electron chi connectivity index (χ0n) is 14.2. The highest BCUT2D eigenvalue weighted by molar-refractivity contribution is 5.98. The number of benzene rings is 1. The van der Waals surface area contributed by atoms with E-state index < -0.39 is 29.9 Å². The molecule has 0 aromatic heterocycles. The number of carbonyl (C=O) groups is 4. The van der Waals surface area contributed by atoms with Gasteiger partial charge in [0, 0.05) is 17.7 Å². The Kier molecular flexibility index (Phi) is 8.16. The molecule has 0 aliphatic carbocycles. The van der Waals surface area contributed by atoms with Crippen molar-refractivity contribution in [3.05, 3.63) is 29.8 Å². The third-order valence-electron chi connectivity index (χ3n) is 3.03. The molecule has 1 rings (SSSR count). The largest absolute Gasteiger partial charge is 0.464 e. The van der Waals surface area contributed by atoms with Crippen LogP contribution in [0.4, 0.5) is 10.5 Å². The molecule has 4 amide bonds. The van der Waals surface area contributed by atoms with Crippen molar-refractivity contribution in [2.75, 3.05) is 18.5 Å². The summed E-state index contributed by atoms with van der Waals surface area (Å²) in [7, 11) is 0. The minimum atomic E-state index is -0.979. The van der Waals surface area contributed by atoms with Crippen molar-refractivity contribution in [3.8, 4) is 12.3 Å². The molecule has 26 heavy (non-hydrogen) atoms. The maximum atomic E-state index is 12.1. The maximum absolute atomic E-state index is 12.1. The highest BCUT2D eigenvalue weighted by Crippen LogP contribution is 2.10. The Balaban J connectivity index is 2.60. The van der Waals surface area contributed by atoms with Gasteiger partial charge in [0.1, 0.15) is 6.04 Å². The number of esters is 1. The normalized spacial score (nSPS) is 10.8. The Labute approximate surface area is 150 Å². The van der Waals surface area contributed by atoms with Gasteiger partial charge in [-0.3, -0.25) is 9.59 Å².